The van der Waals surface area contributed by atoms with Crippen LogP contribution in [0.4, 0.5) is 0 Å². The fraction of sp³-hybridized carbons (Fsp3) is 0.660. The van der Waals surface area contributed by atoms with Gasteiger partial charge in [0.15, 0.2) is 12.1 Å². The summed E-state index contributed by atoms with van der Waals surface area (Å²) in [7, 11) is 0. The molecule has 2 fully saturated rings. The average molecular weight is 924 g/mol. The molecule has 0 aromatic rings. The van der Waals surface area contributed by atoms with Crippen molar-refractivity contribution >= 4 is 11.9 Å². The van der Waals surface area contributed by atoms with Crippen LogP contribution in [0.1, 0.15) is 79.1 Å². The number of nitrogens with two attached hydrogens (primary N) is 1. The number of cyclic esters (lactones) is 1. The molecule has 13 N–H and O–H groups in total. The Morgan fingerprint density at radius 2 is 1.23 bits per heavy atom. The fourth-order valence-corrected chi connectivity index (χ4v) is 7.97. The van der Waals surface area contributed by atoms with Crippen LogP contribution in [0, 0.1) is 17.8 Å². The van der Waals surface area contributed by atoms with Gasteiger partial charge < -0.3 is 80.9 Å². The summed E-state index contributed by atoms with van der Waals surface area (Å²) in [5.41, 5.74) is 6.02. The third-order valence-electron chi connectivity index (χ3n) is 12.0. The predicted octanol–water partition coefficient (Wildman–Crippen LogP) is 0.712. The summed E-state index contributed by atoms with van der Waals surface area (Å²) in [5, 5.41) is 118. The molecule has 2 bridgehead atoms. The van der Waals surface area contributed by atoms with Crippen LogP contribution in [0.3, 0.4) is 0 Å². The Morgan fingerprint density at radius 1 is 0.662 bits per heavy atom. The molecule has 19 atom stereocenters. The van der Waals surface area contributed by atoms with E-state index < -0.39 is 147 Å². The lowest BCUT2D eigenvalue weighted by atomic mass is 9.82. The predicted molar refractivity (Wildman–Crippen MR) is 237 cm³/mol. The molecule has 3 heterocycles. The van der Waals surface area contributed by atoms with Crippen LogP contribution < -0.4 is 5.73 Å². The van der Waals surface area contributed by atoms with Crippen molar-refractivity contribution in [1.29, 1.82) is 0 Å². The molecule has 0 spiro atoms. The Labute approximate surface area is 381 Å². The second-order valence-corrected chi connectivity index (χ2v) is 17.6. The maximum absolute atomic E-state index is 12.6. The van der Waals surface area contributed by atoms with Crippen molar-refractivity contribution in [2.24, 2.45) is 23.5 Å². The van der Waals surface area contributed by atoms with Gasteiger partial charge in [-0.25, -0.2) is 0 Å². The third kappa shape index (κ3) is 18.6. The molecule has 18 heteroatoms. The Balaban J connectivity index is 1.86. The van der Waals surface area contributed by atoms with Crippen molar-refractivity contribution < 1.29 is 84.7 Å². The van der Waals surface area contributed by atoms with Crippen molar-refractivity contribution in [2.45, 2.75) is 177 Å². The number of aliphatic carboxylic acids is 1. The Morgan fingerprint density at radius 3 is 1.82 bits per heavy atom. The second-order valence-electron chi connectivity index (χ2n) is 17.6. The van der Waals surface area contributed by atoms with Crippen LogP contribution in [0.2, 0.25) is 0 Å². The molecule has 0 aromatic heterocycles. The molecule has 18 nitrogen and oxygen atoms in total. The smallest absolute Gasteiger partial charge is 0.311 e. The molecular formula is C47H73NO17. The number of carboxylic acids is 1. The van der Waals surface area contributed by atoms with Gasteiger partial charge in [-0.15, -0.1) is 0 Å². The highest BCUT2D eigenvalue weighted by Crippen LogP contribution is 2.38. The number of hydrogen-bond donors (Lipinski definition) is 12. The van der Waals surface area contributed by atoms with Gasteiger partial charge in [-0.1, -0.05) is 98.9 Å². The van der Waals surface area contributed by atoms with E-state index in [0.29, 0.717) is 0 Å². The number of esters is 1. The number of carboxylic acid groups (broad SMARTS) is 1. The molecule has 0 saturated carbocycles. The summed E-state index contributed by atoms with van der Waals surface area (Å²) >= 11 is 0. The average Bonchev–Trinajstić information content (AvgIpc) is 3.21. The van der Waals surface area contributed by atoms with Crippen molar-refractivity contribution in [3.8, 4) is 0 Å². The van der Waals surface area contributed by atoms with E-state index in [1.807, 2.05) is 19.1 Å². The van der Waals surface area contributed by atoms with E-state index in [4.69, 9.17) is 24.7 Å². The molecule has 3 rings (SSSR count). The zero-order valence-corrected chi connectivity index (χ0v) is 37.6. The maximum atomic E-state index is 12.6. The second kappa shape index (κ2) is 27.4. The van der Waals surface area contributed by atoms with Crippen LogP contribution in [-0.4, -0.2) is 166 Å². The normalized spacial score (nSPS) is 45.5. The minimum atomic E-state index is -2.33. The van der Waals surface area contributed by atoms with Crippen LogP contribution in [0.5, 0.6) is 0 Å². The molecule has 0 aliphatic carbocycles. The van der Waals surface area contributed by atoms with Gasteiger partial charge in [0.05, 0.1) is 79.6 Å². The molecule has 0 radical (unpaired) electrons. The summed E-state index contributed by atoms with van der Waals surface area (Å²) in [6.45, 7) is 6.74. The van der Waals surface area contributed by atoms with E-state index in [9.17, 15) is 65.8 Å². The topological polar surface area (TPSA) is 320 Å². The van der Waals surface area contributed by atoms with E-state index in [-0.39, 0.29) is 31.6 Å². The third-order valence-corrected chi connectivity index (χ3v) is 12.0. The Hall–Kier alpha value is -3.44. The van der Waals surface area contributed by atoms with Crippen molar-refractivity contribution in [3.05, 3.63) is 85.1 Å². The summed E-state index contributed by atoms with van der Waals surface area (Å²) in [5.74, 6) is -6.83. The van der Waals surface area contributed by atoms with Gasteiger partial charge in [-0.05, 0) is 33.1 Å². The molecule has 0 aromatic carbocycles. The summed E-state index contributed by atoms with van der Waals surface area (Å²) < 4.78 is 23.1. The number of rotatable bonds is 3. The first-order valence-corrected chi connectivity index (χ1v) is 22.3. The van der Waals surface area contributed by atoms with Crippen molar-refractivity contribution in [3.63, 3.8) is 0 Å². The molecule has 3 aliphatic rings. The van der Waals surface area contributed by atoms with Crippen LogP contribution in [-0.2, 0) is 28.5 Å². The summed E-state index contributed by atoms with van der Waals surface area (Å²) in [4.78, 5) is 25.1. The van der Waals surface area contributed by atoms with Gasteiger partial charge in [0.1, 0.15) is 18.1 Å². The van der Waals surface area contributed by atoms with Gasteiger partial charge >= 0.3 is 11.9 Å². The lowest BCUT2D eigenvalue weighted by molar-refractivity contribution is -0.308. The standard InChI is InChI=1S/C47H73NO17/c1-27-17-15-13-11-9-7-5-6-8-10-12-14-16-18-34(64-46-44(58)41(48)43(57)30(4)63-46)24-38-40(45(59)60)37(54)26-47(61,65-38)25-33(51)22-36(53)35(52)20-19-31(49)21-32(50)23-39(55)62-29(3)28(2)42(27)56/h5-18,27-38,40-44,46,49-54,56-58,61H,19-26,48H2,1-4H3,(H,59,60)/b6-5+,9-7+,10-8+,13-11+,14-12+,17-15+,18-16-. The zero-order chi connectivity index (χ0) is 48.4. The highest BCUT2D eigenvalue weighted by molar-refractivity contribution is 5.71. The Bertz CT molecular complexity index is 1670. The van der Waals surface area contributed by atoms with Crippen LogP contribution in [0.15, 0.2) is 85.1 Å². The molecule has 2 saturated heterocycles. The molecule has 19 unspecified atom stereocenters. The highest BCUT2D eigenvalue weighted by Gasteiger charge is 2.51. The first kappa shape index (κ1) is 55.9. The minimum absolute atomic E-state index is 0.107. The van der Waals surface area contributed by atoms with Gasteiger partial charge in [0.25, 0.3) is 0 Å². The Kier molecular flexibility index (Phi) is 23.6. The number of fused-ring (bicyclic) bond motifs is 2. The van der Waals surface area contributed by atoms with Crippen molar-refractivity contribution in [2.75, 3.05) is 0 Å². The van der Waals surface area contributed by atoms with E-state index in [0.717, 1.165) is 0 Å². The molecule has 0 amide bonds. The first-order valence-electron chi connectivity index (χ1n) is 22.3. The van der Waals surface area contributed by atoms with E-state index in [1.54, 1.807) is 80.7 Å². The quantitative estimate of drug-likeness (QED) is 0.174. The van der Waals surface area contributed by atoms with Gasteiger partial charge in [-0.2, -0.15) is 0 Å². The van der Waals surface area contributed by atoms with Gasteiger partial charge in [-0.3, -0.25) is 9.59 Å². The number of aliphatic hydroxyl groups excluding tert-OH is 9. The van der Waals surface area contributed by atoms with Crippen LogP contribution >= 0.6 is 0 Å². The first-order chi connectivity index (χ1) is 30.6. The monoisotopic (exact) mass is 923 g/mol. The highest BCUT2D eigenvalue weighted by atomic mass is 16.7. The lowest BCUT2D eigenvalue weighted by Crippen LogP contribution is -2.61. The summed E-state index contributed by atoms with van der Waals surface area (Å²) in [6, 6.07) is -1.15. The number of aliphatic hydroxyl groups is 10. The van der Waals surface area contributed by atoms with E-state index in [2.05, 4.69) is 0 Å². The van der Waals surface area contributed by atoms with Crippen LogP contribution in [0.25, 0.3) is 0 Å². The molecular weight excluding hydrogens is 851 g/mol. The zero-order valence-electron chi connectivity index (χ0n) is 37.6. The lowest BCUT2D eigenvalue weighted by Gasteiger charge is -2.45. The van der Waals surface area contributed by atoms with Gasteiger partial charge in [0.2, 0.25) is 0 Å². The number of carbonyl (C=O) groups is 2. The SMILES string of the molecule is CC1/C=C/C=C/C=C/C=C/C=C/C=C/C=C\C(OC2OC(C)C(O)C(N)C2O)CC2OC(O)(CC(O)CC(O)C(O)CCC(O)CC(O)CC(=O)OC(C)C(C)C1O)CC(O)C2C(=O)O. The molecule has 65 heavy (non-hydrogen) atoms. The number of ether oxygens (including phenoxy) is 4. The number of hydrogen-bond acceptors (Lipinski definition) is 17. The largest absolute Gasteiger partial charge is 0.481 e. The number of allylic oxidation sites excluding steroid dienone is 12. The van der Waals surface area contributed by atoms with Crippen molar-refractivity contribution in [1.82, 2.24) is 0 Å². The van der Waals surface area contributed by atoms with E-state index >= 15 is 0 Å². The maximum Gasteiger partial charge on any atom is 0.311 e. The fourth-order valence-electron chi connectivity index (χ4n) is 7.97. The molecule has 368 valence electrons. The van der Waals surface area contributed by atoms with E-state index in [1.165, 1.54) is 13.0 Å². The summed E-state index contributed by atoms with van der Waals surface area (Å²) in [6.07, 6.45) is 3.46. The van der Waals surface area contributed by atoms with Gasteiger partial charge in [0, 0.05) is 37.5 Å². The molecule has 3 aliphatic heterocycles. The minimum Gasteiger partial charge on any atom is -0.481 e. The number of carbonyl (C=O) groups excluding carboxylic acids is 1.